The summed E-state index contributed by atoms with van der Waals surface area (Å²) in [7, 11) is 0.963. The minimum Gasteiger partial charge on any atom is -0.496 e. The quantitative estimate of drug-likeness (QED) is 0.804. The maximum atomic E-state index is 14.4. The van der Waals surface area contributed by atoms with Gasteiger partial charge in [-0.1, -0.05) is 30.3 Å². The molecule has 2 aromatic rings. The number of nitrogens with two attached hydrogens (primary N) is 1. The fraction of sp³-hybridized carbons (Fsp3) is 0.381. The van der Waals surface area contributed by atoms with Gasteiger partial charge in [-0.25, -0.2) is 4.39 Å². The van der Waals surface area contributed by atoms with Crippen molar-refractivity contribution in [2.24, 2.45) is 5.73 Å². The second kappa shape index (κ2) is 7.22. The molecule has 28 heavy (non-hydrogen) atoms. The van der Waals surface area contributed by atoms with Gasteiger partial charge in [-0.3, -0.25) is 4.79 Å². The minimum absolute atomic E-state index is 0.142. The van der Waals surface area contributed by atoms with E-state index in [4.69, 9.17) is 19.8 Å². The summed E-state index contributed by atoms with van der Waals surface area (Å²) in [6.07, 6.45) is -0.142. The normalized spacial score (nSPS) is 17.6. The molecule has 0 radical (unpaired) electrons. The molecule has 0 aromatic heterocycles. The van der Waals surface area contributed by atoms with Gasteiger partial charge in [-0.05, 0) is 44.9 Å². The molecule has 1 fully saturated rings. The highest BCUT2D eigenvalue weighted by Crippen LogP contribution is 2.38. The van der Waals surface area contributed by atoms with Crippen molar-refractivity contribution in [3.63, 3.8) is 0 Å². The van der Waals surface area contributed by atoms with Gasteiger partial charge in [0.25, 0.3) is 0 Å². The van der Waals surface area contributed by atoms with E-state index < -0.39 is 30.0 Å². The van der Waals surface area contributed by atoms with E-state index in [1.54, 1.807) is 19.2 Å². The molecule has 1 aliphatic rings. The van der Waals surface area contributed by atoms with Crippen molar-refractivity contribution in [3.8, 4) is 16.9 Å². The van der Waals surface area contributed by atoms with Crippen LogP contribution in [-0.4, -0.2) is 31.3 Å². The van der Waals surface area contributed by atoms with Crippen molar-refractivity contribution >= 4 is 18.5 Å². The lowest BCUT2D eigenvalue weighted by molar-refractivity contribution is -0.117. The van der Waals surface area contributed by atoms with Crippen LogP contribution in [0.2, 0.25) is 0 Å². The molecule has 148 valence electrons. The first-order valence-corrected chi connectivity index (χ1v) is 9.15. The first-order valence-electron chi connectivity index (χ1n) is 9.15. The summed E-state index contributed by atoms with van der Waals surface area (Å²) in [5.74, 6) is -0.505. The number of halogens is 1. The molecule has 1 heterocycles. The Bertz CT molecular complexity index is 897. The molecule has 1 amide bonds. The monoisotopic (exact) mass is 385 g/mol. The summed E-state index contributed by atoms with van der Waals surface area (Å²) < 4.78 is 32.4. The van der Waals surface area contributed by atoms with E-state index in [9.17, 15) is 9.18 Å². The van der Waals surface area contributed by atoms with Crippen LogP contribution in [0.4, 0.5) is 4.39 Å². The number of rotatable bonds is 5. The van der Waals surface area contributed by atoms with Crippen LogP contribution < -0.4 is 15.9 Å². The third-order valence-corrected chi connectivity index (χ3v) is 5.49. The number of benzene rings is 2. The van der Waals surface area contributed by atoms with Gasteiger partial charge >= 0.3 is 7.12 Å². The van der Waals surface area contributed by atoms with Gasteiger partial charge in [-0.15, -0.1) is 0 Å². The summed E-state index contributed by atoms with van der Waals surface area (Å²) in [6.45, 7) is 7.93. The summed E-state index contributed by atoms with van der Waals surface area (Å²) in [6, 6.07) is 10.3. The number of carbonyl (C=O) groups excluding carboxylic acids is 1. The van der Waals surface area contributed by atoms with Crippen LogP contribution in [0.15, 0.2) is 36.4 Å². The van der Waals surface area contributed by atoms with Crippen LogP contribution in [0, 0.1) is 5.82 Å². The van der Waals surface area contributed by atoms with Crippen LogP contribution >= 0.6 is 0 Å². The lowest BCUT2D eigenvalue weighted by atomic mass is 9.76. The number of methoxy groups -OCH3 is 1. The fourth-order valence-corrected chi connectivity index (χ4v) is 3.21. The second-order valence-electron chi connectivity index (χ2n) is 7.97. The van der Waals surface area contributed by atoms with E-state index in [2.05, 4.69) is 0 Å². The first kappa shape index (κ1) is 20.4. The van der Waals surface area contributed by atoms with Crippen LogP contribution in [-0.2, 0) is 20.5 Å². The molecular formula is C21H25BFNO4. The minimum atomic E-state index is -0.598. The Balaban J connectivity index is 2.02. The number of hydrogen-bond donors (Lipinski definition) is 1. The summed E-state index contributed by atoms with van der Waals surface area (Å²) in [4.78, 5) is 11.1. The van der Waals surface area contributed by atoms with E-state index in [1.807, 2.05) is 45.9 Å². The molecule has 0 unspecified atom stereocenters. The molecule has 2 N–H and O–H groups in total. The zero-order chi connectivity index (χ0) is 20.7. The van der Waals surface area contributed by atoms with Crippen LogP contribution in [0.1, 0.15) is 33.3 Å². The number of amides is 1. The largest absolute Gasteiger partial charge is 0.498 e. The average Bonchev–Trinajstić information content (AvgIpc) is 2.83. The van der Waals surface area contributed by atoms with E-state index in [-0.39, 0.29) is 12.0 Å². The van der Waals surface area contributed by atoms with Crippen LogP contribution in [0.3, 0.4) is 0 Å². The van der Waals surface area contributed by atoms with E-state index in [0.29, 0.717) is 16.9 Å². The molecule has 1 aliphatic heterocycles. The standard InChI is InChI=1S/C21H25BFNO4/c1-20(2)21(3,4)28-22(27-20)16-8-6-7-15(19(16)26-5)13-9-10-14(12-18(24)25)17(23)11-13/h6-11H,12H2,1-5H3,(H2,24,25). The Hall–Kier alpha value is -2.38. The summed E-state index contributed by atoms with van der Waals surface area (Å²) >= 11 is 0. The third-order valence-electron chi connectivity index (χ3n) is 5.49. The van der Waals surface area contributed by atoms with Gasteiger partial charge < -0.3 is 19.8 Å². The number of ether oxygens (including phenoxy) is 1. The van der Waals surface area contributed by atoms with Crippen molar-refractivity contribution in [3.05, 3.63) is 47.8 Å². The predicted molar refractivity (Wildman–Crippen MR) is 107 cm³/mol. The average molecular weight is 385 g/mol. The van der Waals surface area contributed by atoms with Crippen molar-refractivity contribution < 1.29 is 23.2 Å². The van der Waals surface area contributed by atoms with Gasteiger partial charge in [0.15, 0.2) is 0 Å². The highest BCUT2D eigenvalue weighted by molar-refractivity contribution is 6.63. The Kier molecular flexibility index (Phi) is 5.25. The van der Waals surface area contributed by atoms with E-state index in [1.165, 1.54) is 6.07 Å². The van der Waals surface area contributed by atoms with Crippen LogP contribution in [0.25, 0.3) is 11.1 Å². The highest BCUT2D eigenvalue weighted by Gasteiger charge is 2.52. The topological polar surface area (TPSA) is 70.8 Å². The predicted octanol–water partition coefficient (Wildman–Crippen LogP) is 2.83. The SMILES string of the molecule is COc1c(B2OC(C)(C)C(C)(C)O2)cccc1-c1ccc(CC(N)=O)c(F)c1. The molecule has 2 aromatic carbocycles. The lowest BCUT2D eigenvalue weighted by Crippen LogP contribution is -2.41. The van der Waals surface area contributed by atoms with Gasteiger partial charge in [0.1, 0.15) is 11.6 Å². The summed E-state index contributed by atoms with van der Waals surface area (Å²) in [5.41, 5.74) is 6.53. The molecule has 0 spiro atoms. The first-order chi connectivity index (χ1) is 13.1. The Morgan fingerprint density at radius 1 is 1.14 bits per heavy atom. The zero-order valence-electron chi connectivity index (χ0n) is 16.8. The smallest absolute Gasteiger partial charge is 0.496 e. The number of carbonyl (C=O) groups is 1. The number of para-hydroxylation sites is 1. The fourth-order valence-electron chi connectivity index (χ4n) is 3.21. The van der Waals surface area contributed by atoms with Gasteiger partial charge in [-0.2, -0.15) is 0 Å². The van der Waals surface area contributed by atoms with Crippen molar-refractivity contribution in [1.82, 2.24) is 0 Å². The molecular weight excluding hydrogens is 360 g/mol. The Morgan fingerprint density at radius 2 is 1.79 bits per heavy atom. The molecule has 3 rings (SSSR count). The molecule has 0 saturated carbocycles. The van der Waals surface area contributed by atoms with Crippen LogP contribution in [0.5, 0.6) is 5.75 Å². The van der Waals surface area contributed by atoms with Gasteiger partial charge in [0.05, 0.1) is 24.7 Å². The van der Waals surface area contributed by atoms with E-state index in [0.717, 1.165) is 5.46 Å². The zero-order valence-corrected chi connectivity index (χ0v) is 16.8. The van der Waals surface area contributed by atoms with Gasteiger partial charge in [0, 0.05) is 11.0 Å². The lowest BCUT2D eigenvalue weighted by Gasteiger charge is -2.32. The molecule has 0 atom stereocenters. The molecule has 0 aliphatic carbocycles. The highest BCUT2D eigenvalue weighted by atomic mass is 19.1. The maximum absolute atomic E-state index is 14.4. The Morgan fingerprint density at radius 3 is 2.32 bits per heavy atom. The third kappa shape index (κ3) is 3.64. The second-order valence-corrected chi connectivity index (χ2v) is 7.97. The number of primary amides is 1. The van der Waals surface area contributed by atoms with E-state index >= 15 is 0 Å². The van der Waals surface area contributed by atoms with Crippen molar-refractivity contribution in [2.75, 3.05) is 7.11 Å². The van der Waals surface area contributed by atoms with Crippen molar-refractivity contribution in [1.29, 1.82) is 0 Å². The number of hydrogen-bond acceptors (Lipinski definition) is 4. The van der Waals surface area contributed by atoms with Gasteiger partial charge in [0.2, 0.25) is 5.91 Å². The molecule has 0 bridgehead atoms. The summed E-state index contributed by atoms with van der Waals surface area (Å²) in [5, 5.41) is 0. The maximum Gasteiger partial charge on any atom is 0.498 e. The Labute approximate surface area is 165 Å². The van der Waals surface area contributed by atoms with Crippen molar-refractivity contribution in [2.45, 2.75) is 45.3 Å². The molecule has 7 heteroatoms. The molecule has 5 nitrogen and oxygen atoms in total. The molecule has 1 saturated heterocycles.